The van der Waals surface area contributed by atoms with Gasteiger partial charge in [-0.05, 0) is 11.8 Å². The first kappa shape index (κ1) is 13.0. The molecule has 0 saturated carbocycles. The van der Waals surface area contributed by atoms with Crippen molar-refractivity contribution >= 4 is 5.78 Å². The fourth-order valence-corrected chi connectivity index (χ4v) is 2.27. The van der Waals surface area contributed by atoms with Gasteiger partial charge in [-0.15, -0.1) is 0 Å². The van der Waals surface area contributed by atoms with Crippen molar-refractivity contribution in [3.05, 3.63) is 35.9 Å². The summed E-state index contributed by atoms with van der Waals surface area (Å²) in [6, 6.07) is 9.65. The SMILES string of the molecule is CCC(C)C(C(=O)c1ccccc1)C(C)C. The molecular weight excluding hydrogens is 196 g/mol. The molecule has 0 spiro atoms. The number of rotatable bonds is 5. The molecule has 0 aliphatic carbocycles. The minimum atomic E-state index is 0.146. The molecule has 0 bridgehead atoms. The molecule has 0 aliphatic heterocycles. The highest BCUT2D eigenvalue weighted by atomic mass is 16.1. The van der Waals surface area contributed by atoms with E-state index < -0.39 is 0 Å². The lowest BCUT2D eigenvalue weighted by Gasteiger charge is -2.25. The molecule has 0 heterocycles. The fourth-order valence-electron chi connectivity index (χ4n) is 2.27. The first-order valence-corrected chi connectivity index (χ1v) is 6.17. The lowest BCUT2D eigenvalue weighted by Crippen LogP contribution is -2.26. The molecule has 2 unspecified atom stereocenters. The van der Waals surface area contributed by atoms with Crippen LogP contribution in [0, 0.1) is 17.8 Å². The summed E-state index contributed by atoms with van der Waals surface area (Å²) in [7, 11) is 0. The smallest absolute Gasteiger partial charge is 0.166 e. The van der Waals surface area contributed by atoms with E-state index in [4.69, 9.17) is 0 Å². The van der Waals surface area contributed by atoms with Crippen molar-refractivity contribution in [1.29, 1.82) is 0 Å². The molecule has 0 aromatic heterocycles. The number of ketones is 1. The topological polar surface area (TPSA) is 17.1 Å². The molecule has 1 heteroatoms. The lowest BCUT2D eigenvalue weighted by atomic mass is 9.78. The van der Waals surface area contributed by atoms with Crippen LogP contribution in [0.3, 0.4) is 0 Å². The Hall–Kier alpha value is -1.11. The van der Waals surface area contributed by atoms with E-state index in [1.807, 2.05) is 30.3 Å². The van der Waals surface area contributed by atoms with Crippen molar-refractivity contribution in [2.45, 2.75) is 34.1 Å². The Balaban J connectivity index is 2.92. The van der Waals surface area contributed by atoms with Crippen molar-refractivity contribution in [2.24, 2.45) is 17.8 Å². The summed E-state index contributed by atoms with van der Waals surface area (Å²) in [5, 5.41) is 0. The number of benzene rings is 1. The summed E-state index contributed by atoms with van der Waals surface area (Å²) in [6.07, 6.45) is 1.06. The van der Waals surface area contributed by atoms with Crippen molar-refractivity contribution in [3.8, 4) is 0 Å². The Kier molecular flexibility index (Phi) is 4.72. The third kappa shape index (κ3) is 2.94. The summed E-state index contributed by atoms with van der Waals surface area (Å²) in [5.41, 5.74) is 0.849. The fraction of sp³-hybridized carbons (Fsp3) is 0.533. The Labute approximate surface area is 98.9 Å². The molecular formula is C15H22O. The van der Waals surface area contributed by atoms with Gasteiger partial charge >= 0.3 is 0 Å². The van der Waals surface area contributed by atoms with Gasteiger partial charge in [0.15, 0.2) is 5.78 Å². The van der Waals surface area contributed by atoms with Gasteiger partial charge in [-0.25, -0.2) is 0 Å². The average molecular weight is 218 g/mol. The van der Waals surface area contributed by atoms with Crippen LogP contribution in [0.2, 0.25) is 0 Å². The maximum absolute atomic E-state index is 12.4. The summed E-state index contributed by atoms with van der Waals surface area (Å²) >= 11 is 0. The molecule has 1 nitrogen and oxygen atoms in total. The second kappa shape index (κ2) is 5.83. The van der Waals surface area contributed by atoms with Crippen LogP contribution in [0.25, 0.3) is 0 Å². The van der Waals surface area contributed by atoms with Gasteiger partial charge in [-0.2, -0.15) is 0 Å². The van der Waals surface area contributed by atoms with Crippen LogP contribution in [0.15, 0.2) is 30.3 Å². The van der Waals surface area contributed by atoms with E-state index in [1.165, 1.54) is 0 Å². The molecule has 88 valence electrons. The van der Waals surface area contributed by atoms with Crippen molar-refractivity contribution in [3.63, 3.8) is 0 Å². The molecule has 0 aliphatic rings. The van der Waals surface area contributed by atoms with E-state index in [2.05, 4.69) is 27.7 Å². The van der Waals surface area contributed by atoms with Crippen molar-refractivity contribution in [2.75, 3.05) is 0 Å². The second-order valence-corrected chi connectivity index (χ2v) is 4.89. The first-order valence-electron chi connectivity index (χ1n) is 6.17. The normalized spacial score (nSPS) is 14.8. The number of hydrogen-bond acceptors (Lipinski definition) is 1. The number of hydrogen-bond donors (Lipinski definition) is 0. The molecule has 0 N–H and O–H groups in total. The van der Waals surface area contributed by atoms with Gasteiger partial charge in [0.2, 0.25) is 0 Å². The zero-order valence-corrected chi connectivity index (χ0v) is 10.7. The Morgan fingerprint density at radius 2 is 1.69 bits per heavy atom. The molecule has 0 amide bonds. The summed E-state index contributed by atoms with van der Waals surface area (Å²) in [6.45, 7) is 8.60. The molecule has 16 heavy (non-hydrogen) atoms. The van der Waals surface area contributed by atoms with Crippen LogP contribution in [-0.4, -0.2) is 5.78 Å². The molecule has 0 radical (unpaired) electrons. The van der Waals surface area contributed by atoms with E-state index in [1.54, 1.807) is 0 Å². The van der Waals surface area contributed by atoms with E-state index in [-0.39, 0.29) is 5.92 Å². The maximum atomic E-state index is 12.4. The highest BCUT2D eigenvalue weighted by molar-refractivity contribution is 5.98. The largest absolute Gasteiger partial charge is 0.294 e. The van der Waals surface area contributed by atoms with E-state index in [0.29, 0.717) is 17.6 Å². The van der Waals surface area contributed by atoms with Crippen LogP contribution in [0.4, 0.5) is 0 Å². The Morgan fingerprint density at radius 1 is 1.12 bits per heavy atom. The number of carbonyl (C=O) groups excluding carboxylic acids is 1. The predicted octanol–water partition coefficient (Wildman–Crippen LogP) is 4.19. The summed E-state index contributed by atoms with van der Waals surface area (Å²) in [4.78, 5) is 12.4. The zero-order chi connectivity index (χ0) is 12.1. The van der Waals surface area contributed by atoms with Crippen molar-refractivity contribution < 1.29 is 4.79 Å². The van der Waals surface area contributed by atoms with Gasteiger partial charge in [0.25, 0.3) is 0 Å². The predicted molar refractivity (Wildman–Crippen MR) is 68.6 cm³/mol. The second-order valence-electron chi connectivity index (χ2n) is 4.89. The van der Waals surface area contributed by atoms with Gasteiger partial charge in [0, 0.05) is 11.5 Å². The van der Waals surface area contributed by atoms with E-state index in [9.17, 15) is 4.79 Å². The van der Waals surface area contributed by atoms with Crippen LogP contribution in [-0.2, 0) is 0 Å². The maximum Gasteiger partial charge on any atom is 0.166 e. The highest BCUT2D eigenvalue weighted by Gasteiger charge is 2.27. The van der Waals surface area contributed by atoms with E-state index in [0.717, 1.165) is 12.0 Å². The summed E-state index contributed by atoms with van der Waals surface area (Å²) in [5.74, 6) is 1.30. The average Bonchev–Trinajstić information content (AvgIpc) is 2.29. The third-order valence-corrected chi connectivity index (χ3v) is 3.34. The lowest BCUT2D eigenvalue weighted by molar-refractivity contribution is 0.0827. The van der Waals surface area contributed by atoms with Crippen LogP contribution in [0.1, 0.15) is 44.5 Å². The Bertz CT molecular complexity index is 327. The van der Waals surface area contributed by atoms with Crippen LogP contribution < -0.4 is 0 Å². The molecule has 0 fully saturated rings. The van der Waals surface area contributed by atoms with E-state index >= 15 is 0 Å². The first-order chi connectivity index (χ1) is 7.57. The Morgan fingerprint density at radius 3 is 2.12 bits per heavy atom. The van der Waals surface area contributed by atoms with Gasteiger partial charge in [0.1, 0.15) is 0 Å². The minimum absolute atomic E-state index is 0.146. The quantitative estimate of drug-likeness (QED) is 0.677. The standard InChI is InChI=1S/C15H22O/c1-5-12(4)14(11(2)3)15(16)13-9-7-6-8-10-13/h6-12,14H,5H2,1-4H3. The number of carbonyl (C=O) groups is 1. The molecule has 0 saturated heterocycles. The minimum Gasteiger partial charge on any atom is -0.294 e. The van der Waals surface area contributed by atoms with Gasteiger partial charge in [0.05, 0.1) is 0 Å². The summed E-state index contributed by atoms with van der Waals surface area (Å²) < 4.78 is 0. The molecule has 1 aromatic carbocycles. The zero-order valence-electron chi connectivity index (χ0n) is 10.7. The highest BCUT2D eigenvalue weighted by Crippen LogP contribution is 2.27. The number of Topliss-reactive ketones (excluding diaryl/α,β-unsaturated/α-hetero) is 1. The van der Waals surface area contributed by atoms with Crippen LogP contribution >= 0.6 is 0 Å². The van der Waals surface area contributed by atoms with Crippen LogP contribution in [0.5, 0.6) is 0 Å². The molecule has 1 rings (SSSR count). The van der Waals surface area contributed by atoms with Gasteiger partial charge in [-0.3, -0.25) is 4.79 Å². The molecule has 2 atom stereocenters. The van der Waals surface area contributed by atoms with Crippen molar-refractivity contribution in [1.82, 2.24) is 0 Å². The van der Waals surface area contributed by atoms with Gasteiger partial charge in [-0.1, -0.05) is 64.4 Å². The monoisotopic (exact) mass is 218 g/mol. The molecule has 1 aromatic rings. The van der Waals surface area contributed by atoms with Gasteiger partial charge < -0.3 is 0 Å². The third-order valence-electron chi connectivity index (χ3n) is 3.34.